The molecule has 0 radical (unpaired) electrons. The maximum atomic E-state index is 6.12. The van der Waals surface area contributed by atoms with E-state index in [-0.39, 0.29) is 0 Å². The van der Waals surface area contributed by atoms with E-state index in [0.29, 0.717) is 13.2 Å². The van der Waals surface area contributed by atoms with Gasteiger partial charge in [-0.1, -0.05) is 151 Å². The molecule has 1 heterocycles. The number of rotatable bonds is 23. The summed E-state index contributed by atoms with van der Waals surface area (Å²) in [5, 5.41) is 4.25. The van der Waals surface area contributed by atoms with Gasteiger partial charge in [-0.25, -0.2) is 0 Å². The highest BCUT2D eigenvalue weighted by Gasteiger charge is 2.07. The fourth-order valence-electron chi connectivity index (χ4n) is 5.01. The normalized spacial score (nSPS) is 13.1. The Kier molecular flexibility index (Phi) is 29.0. The first-order valence-electron chi connectivity index (χ1n) is 17.9. The van der Waals surface area contributed by atoms with Gasteiger partial charge in [0.25, 0.3) is 0 Å². The lowest BCUT2D eigenvalue weighted by Gasteiger charge is -2.23. The molecule has 0 unspecified atom stereocenters. The molecular weight excluding hydrogens is 558 g/mol. The van der Waals surface area contributed by atoms with Crippen LogP contribution in [0, 0.1) is 0 Å². The maximum Gasteiger partial charge on any atom is 0.0935 e. The molecular formula is C39H67N3O3. The standard InChI is InChI=1S/C23H41NO.C10H13NO.C6H13NO/c1-3-5-7-9-11-16-20-24(21-17-12-10-8-6-4-2)25-22-23-18-14-13-15-19-23;1-2-8-12-11-9-10-6-4-3-5-7-10;1-8-7-5-3-2-4-6-7/h13-15,18-19H,3-12,16-17,20-22H2,1-2H3;2-7,11H,1,8-9H2;2-6H2,1H3. The third kappa shape index (κ3) is 25.8. The van der Waals surface area contributed by atoms with Crippen molar-refractivity contribution in [3.05, 3.63) is 84.4 Å². The molecule has 0 aliphatic carbocycles. The van der Waals surface area contributed by atoms with E-state index in [1.165, 1.54) is 107 Å². The first kappa shape index (κ1) is 41.0. The third-order valence-corrected chi connectivity index (χ3v) is 7.77. The second-order valence-corrected chi connectivity index (χ2v) is 11.8. The summed E-state index contributed by atoms with van der Waals surface area (Å²) in [5.41, 5.74) is 5.30. The smallest absolute Gasteiger partial charge is 0.0935 e. The number of unbranched alkanes of at least 4 members (excludes halogenated alkanes) is 10. The Bertz CT molecular complexity index is 846. The number of hydroxylamine groups is 5. The van der Waals surface area contributed by atoms with E-state index in [2.05, 4.69) is 61.3 Å². The topological polar surface area (TPSA) is 46.2 Å². The number of nitrogens with zero attached hydrogens (tertiary/aromatic N) is 2. The Balaban J connectivity index is 0.000000412. The second-order valence-electron chi connectivity index (χ2n) is 11.8. The van der Waals surface area contributed by atoms with Crippen molar-refractivity contribution in [1.29, 1.82) is 0 Å². The average Bonchev–Trinajstić information content (AvgIpc) is 3.10. The summed E-state index contributed by atoms with van der Waals surface area (Å²) in [6, 6.07) is 20.6. The minimum atomic E-state index is 0.535. The molecule has 0 amide bonds. The molecule has 2 aromatic rings. The molecule has 6 nitrogen and oxygen atoms in total. The average molecular weight is 626 g/mol. The molecule has 1 N–H and O–H groups in total. The van der Waals surface area contributed by atoms with Gasteiger partial charge in [-0.2, -0.15) is 15.6 Å². The lowest BCUT2D eigenvalue weighted by atomic mass is 10.1. The monoisotopic (exact) mass is 626 g/mol. The number of benzene rings is 2. The summed E-state index contributed by atoms with van der Waals surface area (Å²) < 4.78 is 0. The summed E-state index contributed by atoms with van der Waals surface area (Å²) >= 11 is 0. The van der Waals surface area contributed by atoms with Crippen LogP contribution in [0.15, 0.2) is 73.3 Å². The van der Waals surface area contributed by atoms with Gasteiger partial charge in [0.15, 0.2) is 0 Å². The summed E-state index contributed by atoms with van der Waals surface area (Å²) in [6.45, 7) is 14.5. The molecule has 6 heteroatoms. The molecule has 0 atom stereocenters. The zero-order chi connectivity index (χ0) is 32.5. The van der Waals surface area contributed by atoms with E-state index >= 15 is 0 Å². The molecule has 1 aliphatic rings. The molecule has 1 aliphatic heterocycles. The summed E-state index contributed by atoms with van der Waals surface area (Å²) in [7, 11) is 1.74. The Morgan fingerprint density at radius 2 is 1.22 bits per heavy atom. The third-order valence-electron chi connectivity index (χ3n) is 7.77. The number of nitrogens with one attached hydrogen (secondary N) is 1. The summed E-state index contributed by atoms with van der Waals surface area (Å²) in [5.74, 6) is 0. The number of hydrogen-bond acceptors (Lipinski definition) is 6. The van der Waals surface area contributed by atoms with Crippen LogP contribution in [0.2, 0.25) is 0 Å². The molecule has 3 rings (SSSR count). The van der Waals surface area contributed by atoms with Gasteiger partial charge in [0.2, 0.25) is 0 Å². The van der Waals surface area contributed by atoms with Crippen LogP contribution in [-0.4, -0.2) is 50.0 Å². The molecule has 2 aromatic carbocycles. The molecule has 45 heavy (non-hydrogen) atoms. The van der Waals surface area contributed by atoms with Gasteiger partial charge in [0.05, 0.1) is 20.3 Å². The van der Waals surface area contributed by atoms with Gasteiger partial charge in [0, 0.05) is 32.7 Å². The van der Waals surface area contributed by atoms with Gasteiger partial charge in [-0.3, -0.25) is 9.68 Å². The zero-order valence-corrected chi connectivity index (χ0v) is 29.2. The molecule has 0 bridgehead atoms. The first-order chi connectivity index (χ1) is 22.2. The lowest BCUT2D eigenvalue weighted by molar-refractivity contribution is -0.171. The number of piperidine rings is 1. The van der Waals surface area contributed by atoms with Crippen LogP contribution in [0.4, 0.5) is 0 Å². The van der Waals surface area contributed by atoms with Gasteiger partial charge < -0.3 is 4.84 Å². The molecule has 0 saturated carbocycles. The molecule has 0 spiro atoms. The Labute approximate surface area is 277 Å². The minimum absolute atomic E-state index is 0.535. The lowest BCUT2D eigenvalue weighted by Crippen LogP contribution is -2.28. The van der Waals surface area contributed by atoms with Crippen molar-refractivity contribution in [3.8, 4) is 0 Å². The first-order valence-corrected chi connectivity index (χ1v) is 17.9. The Hall–Kier alpha value is -2.06. The van der Waals surface area contributed by atoms with Gasteiger partial charge >= 0.3 is 0 Å². The predicted molar refractivity (Wildman–Crippen MR) is 191 cm³/mol. The van der Waals surface area contributed by atoms with Crippen LogP contribution in [0.5, 0.6) is 0 Å². The van der Waals surface area contributed by atoms with E-state index in [9.17, 15) is 0 Å². The second kappa shape index (κ2) is 31.9. The van der Waals surface area contributed by atoms with Crippen molar-refractivity contribution >= 4 is 0 Å². The van der Waals surface area contributed by atoms with E-state index in [4.69, 9.17) is 14.5 Å². The fraction of sp³-hybridized carbons (Fsp3) is 0.641. The van der Waals surface area contributed by atoms with E-state index in [1.54, 1.807) is 13.2 Å². The van der Waals surface area contributed by atoms with E-state index in [1.807, 2.05) is 35.4 Å². The molecule has 256 valence electrons. The largest absolute Gasteiger partial charge is 0.302 e. The highest BCUT2D eigenvalue weighted by molar-refractivity contribution is 5.14. The van der Waals surface area contributed by atoms with Crippen molar-refractivity contribution in [2.45, 2.75) is 123 Å². The van der Waals surface area contributed by atoms with Gasteiger partial charge in [-0.15, -0.1) is 6.58 Å². The zero-order valence-electron chi connectivity index (χ0n) is 29.2. The quantitative estimate of drug-likeness (QED) is 0.0753. The maximum absolute atomic E-state index is 6.12. The van der Waals surface area contributed by atoms with Crippen molar-refractivity contribution in [3.63, 3.8) is 0 Å². The van der Waals surface area contributed by atoms with Gasteiger partial charge in [-0.05, 0) is 36.8 Å². The van der Waals surface area contributed by atoms with Crippen LogP contribution in [-0.2, 0) is 27.7 Å². The van der Waals surface area contributed by atoms with Crippen LogP contribution in [0.1, 0.15) is 121 Å². The van der Waals surface area contributed by atoms with Crippen molar-refractivity contribution in [2.24, 2.45) is 0 Å². The van der Waals surface area contributed by atoms with E-state index < -0.39 is 0 Å². The van der Waals surface area contributed by atoms with Gasteiger partial charge in [0.1, 0.15) is 0 Å². The van der Waals surface area contributed by atoms with Crippen molar-refractivity contribution in [1.82, 2.24) is 15.6 Å². The molecule has 1 saturated heterocycles. The minimum Gasteiger partial charge on any atom is -0.302 e. The van der Waals surface area contributed by atoms with E-state index in [0.717, 1.165) is 32.7 Å². The molecule has 0 aromatic heterocycles. The number of hydrogen-bond donors (Lipinski definition) is 1. The highest BCUT2D eigenvalue weighted by Crippen LogP contribution is 2.11. The van der Waals surface area contributed by atoms with Crippen molar-refractivity contribution < 1.29 is 14.5 Å². The van der Waals surface area contributed by atoms with Crippen molar-refractivity contribution in [2.75, 3.05) is 39.9 Å². The fourth-order valence-corrected chi connectivity index (χ4v) is 5.01. The van der Waals surface area contributed by atoms with Crippen LogP contribution >= 0.6 is 0 Å². The Morgan fingerprint density at radius 3 is 1.71 bits per heavy atom. The predicted octanol–water partition coefficient (Wildman–Crippen LogP) is 10.1. The SMILES string of the molecule is C=CCONCc1ccccc1.CCCCCCCCN(CCCCCCCC)OCc1ccccc1.CON1CCCCC1. The Morgan fingerprint density at radius 1 is 0.711 bits per heavy atom. The summed E-state index contributed by atoms with van der Waals surface area (Å²) in [6.07, 6.45) is 21.8. The molecule has 1 fully saturated rings. The van der Waals surface area contributed by atoms with Crippen LogP contribution in [0.3, 0.4) is 0 Å². The highest BCUT2D eigenvalue weighted by atomic mass is 16.7. The van der Waals surface area contributed by atoms with Crippen LogP contribution < -0.4 is 5.48 Å². The van der Waals surface area contributed by atoms with Crippen LogP contribution in [0.25, 0.3) is 0 Å². The summed E-state index contributed by atoms with van der Waals surface area (Å²) in [4.78, 5) is 16.2.